The number of carboxylic acid groups (broad SMARTS) is 1. The Morgan fingerprint density at radius 2 is 0.890 bits per heavy atom. The maximum Gasteiger partial charge on any atom is 0.335 e. The lowest BCUT2D eigenvalue weighted by atomic mass is 9.98. The molecule has 73 heavy (non-hydrogen) atoms. The molecule has 0 aromatic heterocycles. The van der Waals surface area contributed by atoms with Gasteiger partial charge in [0, 0.05) is 19.3 Å². The van der Waals surface area contributed by atoms with Crippen LogP contribution in [-0.4, -0.2) is 89.2 Å². The Bertz CT molecular complexity index is 1550. The van der Waals surface area contributed by atoms with Crippen LogP contribution < -0.4 is 0 Å². The minimum atomic E-state index is -1.91. The predicted molar refractivity (Wildman–Crippen MR) is 294 cm³/mol. The van der Waals surface area contributed by atoms with Crippen molar-refractivity contribution in [2.75, 3.05) is 13.2 Å². The highest BCUT2D eigenvalue weighted by molar-refractivity contribution is 5.74. The van der Waals surface area contributed by atoms with E-state index in [-0.39, 0.29) is 25.9 Å². The van der Waals surface area contributed by atoms with Crippen LogP contribution in [0.4, 0.5) is 0 Å². The Hall–Kier alpha value is -3.84. The fourth-order valence-corrected chi connectivity index (χ4v) is 8.34. The number of ether oxygens (including phenoxy) is 5. The lowest BCUT2D eigenvalue weighted by Gasteiger charge is -2.40. The molecule has 0 saturated carbocycles. The molecule has 6 atom stereocenters. The second kappa shape index (κ2) is 49.1. The molecule has 6 unspecified atom stereocenters. The molecule has 1 aliphatic heterocycles. The molecule has 1 rings (SSSR count). The summed E-state index contributed by atoms with van der Waals surface area (Å²) in [5.74, 6) is -3.16. The minimum Gasteiger partial charge on any atom is -0.479 e. The van der Waals surface area contributed by atoms with Crippen LogP contribution in [0.3, 0.4) is 0 Å². The summed E-state index contributed by atoms with van der Waals surface area (Å²) in [6.07, 6.45) is 48.7. The van der Waals surface area contributed by atoms with Crippen LogP contribution in [0.25, 0.3) is 0 Å². The maximum atomic E-state index is 13.1. The van der Waals surface area contributed by atoms with Gasteiger partial charge in [-0.05, 0) is 83.5 Å². The first kappa shape index (κ1) is 67.2. The van der Waals surface area contributed by atoms with Gasteiger partial charge in [0.15, 0.2) is 24.6 Å². The van der Waals surface area contributed by atoms with E-state index in [1.54, 1.807) is 0 Å². The van der Waals surface area contributed by atoms with Crippen molar-refractivity contribution in [3.05, 3.63) is 72.9 Å². The third kappa shape index (κ3) is 39.3. The Morgan fingerprint density at radius 1 is 0.466 bits per heavy atom. The van der Waals surface area contributed by atoms with Crippen LogP contribution in [0.2, 0.25) is 0 Å². The third-order valence-corrected chi connectivity index (χ3v) is 12.7. The summed E-state index contributed by atoms with van der Waals surface area (Å²) < 4.78 is 28.4. The topological polar surface area (TPSA) is 175 Å². The molecule has 12 nitrogen and oxygen atoms in total. The van der Waals surface area contributed by atoms with Gasteiger partial charge in [0.25, 0.3) is 0 Å². The van der Waals surface area contributed by atoms with E-state index in [2.05, 4.69) is 93.7 Å². The number of aliphatic hydroxyl groups excluding tert-OH is 2. The normalized spacial score (nSPS) is 18.8. The zero-order valence-corrected chi connectivity index (χ0v) is 45.9. The van der Waals surface area contributed by atoms with Crippen molar-refractivity contribution in [2.24, 2.45) is 0 Å². The van der Waals surface area contributed by atoms with Gasteiger partial charge in [-0.25, -0.2) is 4.79 Å². The second-order valence-corrected chi connectivity index (χ2v) is 19.5. The monoisotopic (exact) mass is 1030 g/mol. The zero-order valence-electron chi connectivity index (χ0n) is 45.9. The molecule has 1 saturated heterocycles. The van der Waals surface area contributed by atoms with Gasteiger partial charge in [0.1, 0.15) is 18.8 Å². The lowest BCUT2D eigenvalue weighted by Crippen LogP contribution is -2.61. The average molecular weight is 1030 g/mol. The molecule has 1 heterocycles. The van der Waals surface area contributed by atoms with Crippen molar-refractivity contribution in [1.29, 1.82) is 0 Å². The molecule has 0 aromatic carbocycles. The highest BCUT2D eigenvalue weighted by Crippen LogP contribution is 2.26. The number of carboxylic acids is 1. The molecule has 0 spiro atoms. The number of hydrogen-bond donors (Lipinski definition) is 3. The second-order valence-electron chi connectivity index (χ2n) is 19.5. The summed E-state index contributed by atoms with van der Waals surface area (Å²) in [5.41, 5.74) is 0. The van der Waals surface area contributed by atoms with Crippen molar-refractivity contribution in [3.63, 3.8) is 0 Å². The fourth-order valence-electron chi connectivity index (χ4n) is 8.34. The third-order valence-electron chi connectivity index (χ3n) is 12.7. The summed E-state index contributed by atoms with van der Waals surface area (Å²) >= 11 is 0. The van der Waals surface area contributed by atoms with Gasteiger partial charge in [-0.2, -0.15) is 0 Å². The molecule has 418 valence electrons. The Labute approximate surface area is 442 Å². The molecule has 0 amide bonds. The van der Waals surface area contributed by atoms with E-state index in [1.165, 1.54) is 57.8 Å². The minimum absolute atomic E-state index is 0.0301. The van der Waals surface area contributed by atoms with Crippen molar-refractivity contribution >= 4 is 23.9 Å². The van der Waals surface area contributed by atoms with E-state index in [0.29, 0.717) is 19.3 Å². The summed E-state index contributed by atoms with van der Waals surface area (Å²) in [5, 5.41) is 31.4. The first-order valence-electron chi connectivity index (χ1n) is 28.9. The number of rotatable bonds is 48. The largest absolute Gasteiger partial charge is 0.479 e. The number of allylic oxidation sites excluding steroid dienone is 12. The summed E-state index contributed by atoms with van der Waals surface area (Å²) in [4.78, 5) is 51.0. The highest BCUT2D eigenvalue weighted by atomic mass is 16.7. The van der Waals surface area contributed by atoms with Crippen molar-refractivity contribution < 1.29 is 58.2 Å². The van der Waals surface area contributed by atoms with E-state index in [9.17, 15) is 34.5 Å². The van der Waals surface area contributed by atoms with Crippen LogP contribution in [0.15, 0.2) is 72.9 Å². The number of esters is 3. The molecular formula is C61H102O12. The van der Waals surface area contributed by atoms with Crippen LogP contribution in [0, 0.1) is 0 Å². The molecule has 12 heteroatoms. The van der Waals surface area contributed by atoms with Gasteiger partial charge in [-0.15, -0.1) is 0 Å². The summed E-state index contributed by atoms with van der Waals surface area (Å²) in [6, 6.07) is 0. The SMILES string of the molecule is CC/C=C\C/C=C\C/C=C\C/C=C\CCCCCCC(=O)OC1C(OCC(COC(=O)CCCCCCC/C=C\C/C=C\CCC)OC(=O)CCCCCCCCCCCCCCC)OC(C(=O)O)C(O)C1O. The Balaban J connectivity index is 2.72. The van der Waals surface area contributed by atoms with Crippen LogP contribution >= 0.6 is 0 Å². The smallest absolute Gasteiger partial charge is 0.335 e. The molecule has 0 bridgehead atoms. The number of unbranched alkanes of at least 4 members (excludes halogenated alkanes) is 22. The van der Waals surface area contributed by atoms with Gasteiger partial charge in [0.2, 0.25) is 0 Å². The van der Waals surface area contributed by atoms with Crippen molar-refractivity contribution in [2.45, 2.75) is 276 Å². The molecule has 0 radical (unpaired) electrons. The Kier molecular flexibility index (Phi) is 45.1. The molecule has 1 aliphatic rings. The number of carbonyl (C=O) groups excluding carboxylic acids is 3. The summed E-state index contributed by atoms with van der Waals surface area (Å²) in [6.45, 7) is 5.79. The van der Waals surface area contributed by atoms with Gasteiger partial charge in [-0.3, -0.25) is 14.4 Å². The number of aliphatic hydroxyl groups is 2. The summed E-state index contributed by atoms with van der Waals surface area (Å²) in [7, 11) is 0. The van der Waals surface area contributed by atoms with Gasteiger partial charge < -0.3 is 39.0 Å². The number of aliphatic carboxylic acids is 1. The quantitative estimate of drug-likeness (QED) is 0.0228. The molecule has 0 aromatic rings. The van der Waals surface area contributed by atoms with Crippen molar-refractivity contribution in [1.82, 2.24) is 0 Å². The number of hydrogen-bond acceptors (Lipinski definition) is 11. The first-order valence-corrected chi connectivity index (χ1v) is 28.9. The van der Waals surface area contributed by atoms with E-state index in [1.807, 2.05) is 0 Å². The fraction of sp³-hybridized carbons (Fsp3) is 0.738. The van der Waals surface area contributed by atoms with Crippen molar-refractivity contribution in [3.8, 4) is 0 Å². The zero-order chi connectivity index (χ0) is 53.3. The van der Waals surface area contributed by atoms with Gasteiger partial charge >= 0.3 is 23.9 Å². The molecule has 3 N–H and O–H groups in total. The predicted octanol–water partition coefficient (Wildman–Crippen LogP) is 14.6. The van der Waals surface area contributed by atoms with E-state index in [0.717, 1.165) is 122 Å². The average Bonchev–Trinajstić information content (AvgIpc) is 3.37. The highest BCUT2D eigenvalue weighted by Gasteiger charge is 2.50. The maximum absolute atomic E-state index is 13.1. The molecule has 1 fully saturated rings. The van der Waals surface area contributed by atoms with E-state index < -0.39 is 67.3 Å². The van der Waals surface area contributed by atoms with Gasteiger partial charge in [-0.1, -0.05) is 209 Å². The lowest BCUT2D eigenvalue weighted by molar-refractivity contribution is -0.301. The van der Waals surface area contributed by atoms with Crippen LogP contribution in [0.1, 0.15) is 239 Å². The van der Waals surface area contributed by atoms with E-state index in [4.69, 9.17) is 23.7 Å². The van der Waals surface area contributed by atoms with Crippen LogP contribution in [0.5, 0.6) is 0 Å². The standard InChI is InChI=1S/C61H102O12/c1-4-7-10-13-16-19-22-25-26-27-28-31-34-37-40-43-46-49-55(64)72-59-57(66)56(65)58(60(67)68)73-61(59)70-51-52(71-54(63)48-45-42-39-36-33-30-24-21-18-15-12-9-6-3)50-69-53(62)47-44-41-38-35-32-29-23-20-17-14-11-8-5-2/h7,10-11,14,16,19-20,23,25-26,28,31,52,56-59,61,65-66H,4-6,8-9,12-13,15,17-18,21-22,24,27,29-30,32-51H2,1-3H3,(H,67,68)/b10-7-,14-11-,19-16-,23-20-,26-25-,31-28-. The molecule has 0 aliphatic carbocycles. The Morgan fingerprint density at radius 3 is 1.37 bits per heavy atom. The molecular weight excluding hydrogens is 925 g/mol. The van der Waals surface area contributed by atoms with Gasteiger partial charge in [0.05, 0.1) is 6.61 Å². The number of carbonyl (C=O) groups is 4. The van der Waals surface area contributed by atoms with E-state index >= 15 is 0 Å². The van der Waals surface area contributed by atoms with Crippen LogP contribution in [-0.2, 0) is 42.9 Å². The first-order chi connectivity index (χ1) is 35.6.